The largest absolute Gasteiger partial charge is 0.457 e. The molecule has 4 nitrogen and oxygen atoms in total. The Bertz CT molecular complexity index is 1110. The summed E-state index contributed by atoms with van der Waals surface area (Å²) in [6.07, 6.45) is 0. The van der Waals surface area contributed by atoms with Crippen molar-refractivity contribution in [3.8, 4) is 11.5 Å². The van der Waals surface area contributed by atoms with Crippen molar-refractivity contribution in [2.45, 2.75) is 6.92 Å². The van der Waals surface area contributed by atoms with Gasteiger partial charge in [0.25, 0.3) is 5.91 Å². The van der Waals surface area contributed by atoms with Crippen molar-refractivity contribution in [1.82, 2.24) is 4.98 Å². The number of anilines is 1. The maximum Gasteiger partial charge on any atom is 0.257 e. The maximum atomic E-state index is 12.5. The van der Waals surface area contributed by atoms with Gasteiger partial charge in [-0.1, -0.05) is 41.1 Å². The van der Waals surface area contributed by atoms with Crippen LogP contribution in [0.5, 0.6) is 11.5 Å². The fraction of sp³-hybridized carbons (Fsp3) is 0.0476. The minimum absolute atomic E-state index is 0.218. The molecule has 0 saturated carbocycles. The van der Waals surface area contributed by atoms with E-state index in [2.05, 4.69) is 10.3 Å². The molecule has 1 heterocycles. The fourth-order valence-electron chi connectivity index (χ4n) is 2.62. The Morgan fingerprint density at radius 2 is 1.70 bits per heavy atom. The quantitative estimate of drug-likeness (QED) is 0.441. The number of carbonyl (C=O) groups excluding carboxylic acids is 1. The summed E-state index contributed by atoms with van der Waals surface area (Å²) in [5, 5.41) is 4.06. The molecule has 3 aromatic carbocycles. The highest BCUT2D eigenvalue weighted by Crippen LogP contribution is 2.32. The average molecular weight is 395 g/mol. The standard InChI is InChI=1S/C21H15ClN2O2S/c1-13-17(22)11-12-18-19(13)23-21(27-18)24-20(25)14-7-9-16(10-8-14)26-15-5-3-2-4-6-15/h2-12H,1H3,(H,23,24,25). The SMILES string of the molecule is Cc1c(Cl)ccc2sc(NC(=O)c3ccc(Oc4ccccc4)cc3)nc12. The molecule has 0 spiro atoms. The second kappa shape index (κ2) is 7.39. The first-order chi connectivity index (χ1) is 13.1. The lowest BCUT2D eigenvalue weighted by molar-refractivity contribution is 0.102. The number of carbonyl (C=O) groups is 1. The smallest absolute Gasteiger partial charge is 0.257 e. The summed E-state index contributed by atoms with van der Waals surface area (Å²) >= 11 is 7.56. The maximum absolute atomic E-state index is 12.5. The molecule has 0 fully saturated rings. The summed E-state index contributed by atoms with van der Waals surface area (Å²) in [6, 6.07) is 20.2. The number of para-hydroxylation sites is 1. The number of hydrogen-bond donors (Lipinski definition) is 1. The zero-order valence-corrected chi connectivity index (χ0v) is 16.0. The third-order valence-corrected chi connectivity index (χ3v) is 5.41. The zero-order chi connectivity index (χ0) is 18.8. The molecule has 0 radical (unpaired) electrons. The highest BCUT2D eigenvalue weighted by molar-refractivity contribution is 7.22. The molecule has 27 heavy (non-hydrogen) atoms. The molecule has 1 N–H and O–H groups in total. The van der Waals surface area contributed by atoms with Gasteiger partial charge in [-0.05, 0) is 61.0 Å². The van der Waals surface area contributed by atoms with E-state index in [9.17, 15) is 4.79 Å². The third kappa shape index (κ3) is 3.79. The van der Waals surface area contributed by atoms with Crippen LogP contribution in [0.25, 0.3) is 10.2 Å². The van der Waals surface area contributed by atoms with Gasteiger partial charge in [-0.15, -0.1) is 0 Å². The number of aromatic nitrogens is 1. The molecular formula is C21H15ClN2O2S. The third-order valence-electron chi connectivity index (χ3n) is 4.06. The van der Waals surface area contributed by atoms with Crippen LogP contribution in [0.1, 0.15) is 15.9 Å². The van der Waals surface area contributed by atoms with Gasteiger partial charge < -0.3 is 4.74 Å². The van der Waals surface area contributed by atoms with Gasteiger partial charge in [0, 0.05) is 10.6 Å². The number of amides is 1. The second-order valence-corrected chi connectivity index (χ2v) is 7.37. The first-order valence-electron chi connectivity index (χ1n) is 8.30. The number of ether oxygens (including phenoxy) is 1. The van der Waals surface area contributed by atoms with Crippen molar-refractivity contribution in [2.75, 3.05) is 5.32 Å². The van der Waals surface area contributed by atoms with E-state index < -0.39 is 0 Å². The monoisotopic (exact) mass is 394 g/mol. The summed E-state index contributed by atoms with van der Waals surface area (Å²) in [5.41, 5.74) is 2.26. The van der Waals surface area contributed by atoms with Gasteiger partial charge in [0.1, 0.15) is 11.5 Å². The van der Waals surface area contributed by atoms with E-state index >= 15 is 0 Å². The number of aryl methyl sites for hydroxylation is 1. The Morgan fingerprint density at radius 1 is 1.00 bits per heavy atom. The zero-order valence-electron chi connectivity index (χ0n) is 14.4. The van der Waals surface area contributed by atoms with Crippen LogP contribution in [0.3, 0.4) is 0 Å². The van der Waals surface area contributed by atoms with Crippen molar-refractivity contribution in [3.63, 3.8) is 0 Å². The highest BCUT2D eigenvalue weighted by Gasteiger charge is 2.12. The predicted octanol–water partition coefficient (Wildman–Crippen LogP) is 6.30. The van der Waals surface area contributed by atoms with Gasteiger partial charge in [-0.25, -0.2) is 4.98 Å². The first kappa shape index (κ1) is 17.5. The van der Waals surface area contributed by atoms with Gasteiger partial charge in [0.2, 0.25) is 0 Å². The molecule has 0 bridgehead atoms. The lowest BCUT2D eigenvalue weighted by Crippen LogP contribution is -2.11. The molecular weight excluding hydrogens is 380 g/mol. The van der Waals surface area contributed by atoms with Crippen molar-refractivity contribution >= 4 is 44.2 Å². The van der Waals surface area contributed by atoms with Crippen molar-refractivity contribution in [3.05, 3.63) is 82.9 Å². The number of nitrogens with one attached hydrogen (secondary N) is 1. The molecule has 1 amide bonds. The van der Waals surface area contributed by atoms with E-state index in [1.54, 1.807) is 24.3 Å². The minimum atomic E-state index is -0.218. The minimum Gasteiger partial charge on any atom is -0.457 e. The van der Waals surface area contributed by atoms with Crippen LogP contribution in [-0.4, -0.2) is 10.9 Å². The number of fused-ring (bicyclic) bond motifs is 1. The van der Waals surface area contributed by atoms with Crippen LogP contribution in [-0.2, 0) is 0 Å². The summed E-state index contributed by atoms with van der Waals surface area (Å²) < 4.78 is 6.73. The number of thiazole rings is 1. The molecule has 0 aliphatic heterocycles. The summed E-state index contributed by atoms with van der Waals surface area (Å²) in [7, 11) is 0. The fourth-order valence-corrected chi connectivity index (χ4v) is 3.70. The lowest BCUT2D eigenvalue weighted by Gasteiger charge is -2.06. The van der Waals surface area contributed by atoms with E-state index in [4.69, 9.17) is 16.3 Å². The number of benzene rings is 3. The van der Waals surface area contributed by atoms with Crippen molar-refractivity contribution < 1.29 is 9.53 Å². The van der Waals surface area contributed by atoms with Crippen LogP contribution < -0.4 is 10.1 Å². The summed E-state index contributed by atoms with van der Waals surface area (Å²) in [5.74, 6) is 1.20. The molecule has 4 aromatic rings. The van der Waals surface area contributed by atoms with Crippen LogP contribution >= 0.6 is 22.9 Å². The second-order valence-electron chi connectivity index (χ2n) is 5.93. The summed E-state index contributed by atoms with van der Waals surface area (Å²) in [6.45, 7) is 1.92. The molecule has 1 aromatic heterocycles. The molecule has 6 heteroatoms. The van der Waals surface area contributed by atoms with Crippen LogP contribution in [0.2, 0.25) is 5.02 Å². The van der Waals surface area contributed by atoms with Crippen molar-refractivity contribution in [2.24, 2.45) is 0 Å². The Hall–Kier alpha value is -2.89. The summed E-state index contributed by atoms with van der Waals surface area (Å²) in [4.78, 5) is 17.0. The lowest BCUT2D eigenvalue weighted by atomic mass is 10.2. The van der Waals surface area contributed by atoms with Gasteiger partial charge >= 0.3 is 0 Å². The number of rotatable bonds is 4. The van der Waals surface area contributed by atoms with E-state index in [1.807, 2.05) is 49.4 Å². The van der Waals surface area contributed by atoms with Crippen LogP contribution in [0, 0.1) is 6.92 Å². The van der Waals surface area contributed by atoms with Gasteiger partial charge in [0.05, 0.1) is 10.2 Å². The molecule has 134 valence electrons. The van der Waals surface area contributed by atoms with Crippen LogP contribution in [0.15, 0.2) is 66.7 Å². The molecule has 0 aliphatic rings. The normalized spacial score (nSPS) is 10.7. The molecule has 0 saturated heterocycles. The number of hydrogen-bond acceptors (Lipinski definition) is 4. The van der Waals surface area contributed by atoms with E-state index in [1.165, 1.54) is 11.3 Å². The van der Waals surface area contributed by atoms with E-state index in [0.29, 0.717) is 21.5 Å². The predicted molar refractivity (Wildman–Crippen MR) is 110 cm³/mol. The first-order valence-corrected chi connectivity index (χ1v) is 9.49. The molecule has 0 unspecified atom stereocenters. The van der Waals surface area contributed by atoms with E-state index in [0.717, 1.165) is 21.5 Å². The molecule has 4 rings (SSSR count). The van der Waals surface area contributed by atoms with Crippen LogP contribution in [0.4, 0.5) is 5.13 Å². The average Bonchev–Trinajstić information content (AvgIpc) is 3.09. The Balaban J connectivity index is 1.49. The number of nitrogens with zero attached hydrogens (tertiary/aromatic N) is 1. The van der Waals surface area contributed by atoms with Crippen molar-refractivity contribution in [1.29, 1.82) is 0 Å². The topological polar surface area (TPSA) is 51.2 Å². The Kier molecular flexibility index (Phi) is 4.79. The number of halogens is 1. The Morgan fingerprint density at radius 3 is 2.44 bits per heavy atom. The molecule has 0 atom stereocenters. The molecule has 0 aliphatic carbocycles. The highest BCUT2D eigenvalue weighted by atomic mass is 35.5. The van der Waals surface area contributed by atoms with E-state index in [-0.39, 0.29) is 5.91 Å². The van der Waals surface area contributed by atoms with Gasteiger partial charge in [-0.3, -0.25) is 10.1 Å². The van der Waals surface area contributed by atoms with Gasteiger partial charge in [-0.2, -0.15) is 0 Å². The Labute approximate surface area is 165 Å². The van der Waals surface area contributed by atoms with Gasteiger partial charge in [0.15, 0.2) is 5.13 Å².